The van der Waals surface area contributed by atoms with Gasteiger partial charge in [0.15, 0.2) is 6.61 Å². The predicted octanol–water partition coefficient (Wildman–Crippen LogP) is 3.53. The predicted molar refractivity (Wildman–Crippen MR) is 91.4 cm³/mol. The van der Waals surface area contributed by atoms with Gasteiger partial charge in [0.2, 0.25) is 0 Å². The van der Waals surface area contributed by atoms with Crippen LogP contribution in [0.2, 0.25) is 5.02 Å². The summed E-state index contributed by atoms with van der Waals surface area (Å²) in [6.07, 6.45) is 0. The molecule has 0 atom stereocenters. The van der Waals surface area contributed by atoms with Crippen molar-refractivity contribution in [2.24, 2.45) is 0 Å². The molecule has 1 amide bonds. The highest BCUT2D eigenvalue weighted by molar-refractivity contribution is 6.30. The molecule has 1 N–H and O–H groups in total. The molecule has 2 rings (SSSR count). The van der Waals surface area contributed by atoms with Crippen molar-refractivity contribution in [3.8, 4) is 11.5 Å². The van der Waals surface area contributed by atoms with Gasteiger partial charge in [0.1, 0.15) is 18.1 Å². The topological polar surface area (TPSA) is 47.6 Å². The van der Waals surface area contributed by atoms with E-state index in [0.29, 0.717) is 23.9 Å². The molecule has 0 aromatic heterocycles. The lowest BCUT2D eigenvalue weighted by Gasteiger charge is -2.10. The highest BCUT2D eigenvalue weighted by Gasteiger charge is 2.03. The monoisotopic (exact) mass is 333 g/mol. The van der Waals surface area contributed by atoms with Crippen LogP contribution in [0.25, 0.3) is 0 Å². The van der Waals surface area contributed by atoms with Gasteiger partial charge < -0.3 is 14.8 Å². The van der Waals surface area contributed by atoms with E-state index in [4.69, 9.17) is 21.1 Å². The molecule has 0 unspecified atom stereocenters. The molecule has 0 aliphatic heterocycles. The van der Waals surface area contributed by atoms with Crippen molar-refractivity contribution in [2.45, 2.75) is 13.8 Å². The standard InChI is InChI=1S/C18H20ClNO3/c1-13-9-14(2)11-17(10-13)22-8-7-20-18(21)12-23-16-5-3-15(19)4-6-16/h3-6,9-11H,7-8,12H2,1-2H3,(H,20,21). The van der Waals surface area contributed by atoms with E-state index in [-0.39, 0.29) is 12.5 Å². The van der Waals surface area contributed by atoms with Crippen molar-refractivity contribution in [2.75, 3.05) is 19.8 Å². The third-order valence-corrected chi connectivity index (χ3v) is 3.32. The van der Waals surface area contributed by atoms with Crippen LogP contribution in [0.5, 0.6) is 11.5 Å². The summed E-state index contributed by atoms with van der Waals surface area (Å²) in [4.78, 5) is 11.7. The van der Waals surface area contributed by atoms with E-state index < -0.39 is 0 Å². The van der Waals surface area contributed by atoms with Gasteiger partial charge in [-0.2, -0.15) is 0 Å². The lowest BCUT2D eigenvalue weighted by atomic mass is 10.1. The van der Waals surface area contributed by atoms with Gasteiger partial charge >= 0.3 is 0 Å². The maximum Gasteiger partial charge on any atom is 0.258 e. The van der Waals surface area contributed by atoms with E-state index in [9.17, 15) is 4.79 Å². The molecule has 23 heavy (non-hydrogen) atoms. The molecule has 122 valence electrons. The van der Waals surface area contributed by atoms with Crippen molar-refractivity contribution in [1.29, 1.82) is 0 Å². The molecule has 0 aliphatic rings. The molecule has 0 aliphatic carbocycles. The Morgan fingerprint density at radius 3 is 2.30 bits per heavy atom. The Morgan fingerprint density at radius 1 is 1.00 bits per heavy atom. The van der Waals surface area contributed by atoms with Gasteiger partial charge in [-0.15, -0.1) is 0 Å². The number of nitrogens with one attached hydrogen (secondary N) is 1. The van der Waals surface area contributed by atoms with E-state index in [1.807, 2.05) is 26.0 Å². The Balaban J connectivity index is 1.65. The minimum absolute atomic E-state index is 0.0365. The van der Waals surface area contributed by atoms with Crippen LogP contribution in [-0.4, -0.2) is 25.7 Å². The number of hydrogen-bond donors (Lipinski definition) is 1. The minimum atomic E-state index is -0.191. The number of carbonyl (C=O) groups excluding carboxylic acids is 1. The molecule has 0 fully saturated rings. The molecular weight excluding hydrogens is 314 g/mol. The number of carbonyl (C=O) groups is 1. The zero-order chi connectivity index (χ0) is 16.7. The molecule has 2 aromatic carbocycles. The van der Waals surface area contributed by atoms with Crippen molar-refractivity contribution < 1.29 is 14.3 Å². The number of aryl methyl sites for hydroxylation is 2. The molecule has 0 saturated carbocycles. The molecule has 0 spiro atoms. The first-order valence-corrected chi connectivity index (χ1v) is 7.77. The Morgan fingerprint density at radius 2 is 1.65 bits per heavy atom. The Kier molecular flexibility index (Phi) is 6.29. The van der Waals surface area contributed by atoms with Crippen LogP contribution in [0.15, 0.2) is 42.5 Å². The van der Waals surface area contributed by atoms with Crippen LogP contribution in [0.3, 0.4) is 0 Å². The first-order valence-electron chi connectivity index (χ1n) is 7.39. The minimum Gasteiger partial charge on any atom is -0.492 e. The van der Waals surface area contributed by atoms with Crippen LogP contribution in [0, 0.1) is 13.8 Å². The second kappa shape index (κ2) is 8.44. The molecule has 0 heterocycles. The van der Waals surface area contributed by atoms with Gasteiger partial charge in [0.25, 0.3) is 5.91 Å². The van der Waals surface area contributed by atoms with Crippen LogP contribution in [0.1, 0.15) is 11.1 Å². The molecule has 4 nitrogen and oxygen atoms in total. The lowest BCUT2D eigenvalue weighted by Crippen LogP contribution is -2.32. The van der Waals surface area contributed by atoms with Crippen LogP contribution < -0.4 is 14.8 Å². The number of benzene rings is 2. The highest BCUT2D eigenvalue weighted by atomic mass is 35.5. The molecule has 2 aromatic rings. The fourth-order valence-corrected chi connectivity index (χ4v) is 2.23. The molecule has 0 bridgehead atoms. The summed E-state index contributed by atoms with van der Waals surface area (Å²) in [5.41, 5.74) is 2.31. The quantitative estimate of drug-likeness (QED) is 0.788. The Hall–Kier alpha value is -2.20. The number of amides is 1. The summed E-state index contributed by atoms with van der Waals surface area (Å²) in [6, 6.07) is 12.9. The average molecular weight is 334 g/mol. The lowest BCUT2D eigenvalue weighted by molar-refractivity contribution is -0.123. The second-order valence-corrected chi connectivity index (χ2v) is 5.70. The van der Waals surface area contributed by atoms with E-state index in [0.717, 1.165) is 16.9 Å². The number of halogens is 1. The zero-order valence-corrected chi connectivity index (χ0v) is 14.0. The number of rotatable bonds is 7. The summed E-state index contributed by atoms with van der Waals surface area (Å²) in [6.45, 7) is 4.85. The highest BCUT2D eigenvalue weighted by Crippen LogP contribution is 2.16. The van der Waals surface area contributed by atoms with E-state index >= 15 is 0 Å². The summed E-state index contributed by atoms with van der Waals surface area (Å²) in [5, 5.41) is 3.38. The van der Waals surface area contributed by atoms with Crippen LogP contribution in [0.4, 0.5) is 0 Å². The third-order valence-electron chi connectivity index (χ3n) is 3.07. The number of hydrogen-bond acceptors (Lipinski definition) is 3. The van der Waals surface area contributed by atoms with Gasteiger partial charge in [-0.25, -0.2) is 0 Å². The summed E-state index contributed by atoms with van der Waals surface area (Å²) in [5.74, 6) is 1.23. The Bertz CT molecular complexity index is 636. The second-order valence-electron chi connectivity index (χ2n) is 5.26. The van der Waals surface area contributed by atoms with Crippen molar-refractivity contribution in [1.82, 2.24) is 5.32 Å². The first-order chi connectivity index (χ1) is 11.0. The third kappa shape index (κ3) is 6.20. The maximum atomic E-state index is 11.7. The summed E-state index contributed by atoms with van der Waals surface area (Å²) < 4.78 is 11.0. The smallest absolute Gasteiger partial charge is 0.258 e. The first kappa shape index (κ1) is 17.2. The van der Waals surface area contributed by atoms with E-state index in [1.165, 1.54) is 0 Å². The maximum absolute atomic E-state index is 11.7. The average Bonchev–Trinajstić information content (AvgIpc) is 2.50. The Labute approximate surface area is 141 Å². The van der Waals surface area contributed by atoms with Gasteiger partial charge in [-0.1, -0.05) is 17.7 Å². The fourth-order valence-electron chi connectivity index (χ4n) is 2.11. The number of ether oxygens (including phenoxy) is 2. The van der Waals surface area contributed by atoms with Gasteiger partial charge in [-0.3, -0.25) is 4.79 Å². The van der Waals surface area contributed by atoms with E-state index in [1.54, 1.807) is 24.3 Å². The molecule has 0 radical (unpaired) electrons. The van der Waals surface area contributed by atoms with Crippen LogP contribution in [-0.2, 0) is 4.79 Å². The zero-order valence-electron chi connectivity index (χ0n) is 13.3. The van der Waals surface area contributed by atoms with Crippen molar-refractivity contribution in [3.63, 3.8) is 0 Å². The van der Waals surface area contributed by atoms with Crippen molar-refractivity contribution in [3.05, 3.63) is 58.6 Å². The fraction of sp³-hybridized carbons (Fsp3) is 0.278. The largest absolute Gasteiger partial charge is 0.492 e. The van der Waals surface area contributed by atoms with Crippen molar-refractivity contribution >= 4 is 17.5 Å². The summed E-state index contributed by atoms with van der Waals surface area (Å²) in [7, 11) is 0. The van der Waals surface area contributed by atoms with E-state index in [2.05, 4.69) is 11.4 Å². The van der Waals surface area contributed by atoms with Gasteiger partial charge in [0, 0.05) is 5.02 Å². The van der Waals surface area contributed by atoms with Gasteiger partial charge in [-0.05, 0) is 61.4 Å². The molecule has 5 heteroatoms. The van der Waals surface area contributed by atoms with Crippen LogP contribution >= 0.6 is 11.6 Å². The summed E-state index contributed by atoms with van der Waals surface area (Å²) >= 11 is 5.78. The molecule has 0 saturated heterocycles. The normalized spacial score (nSPS) is 10.2. The molecular formula is C18H20ClNO3. The van der Waals surface area contributed by atoms with Gasteiger partial charge in [0.05, 0.1) is 6.54 Å². The SMILES string of the molecule is Cc1cc(C)cc(OCCNC(=O)COc2ccc(Cl)cc2)c1.